The summed E-state index contributed by atoms with van der Waals surface area (Å²) in [6.45, 7) is 22.7. The van der Waals surface area contributed by atoms with E-state index in [1.807, 2.05) is 24.3 Å². The second-order valence-electron chi connectivity index (χ2n) is 14.7. The van der Waals surface area contributed by atoms with Gasteiger partial charge in [0, 0.05) is 25.2 Å². The molecule has 236 valence electrons. The van der Waals surface area contributed by atoms with Gasteiger partial charge in [-0.25, -0.2) is 0 Å². The van der Waals surface area contributed by atoms with Gasteiger partial charge in [-0.15, -0.1) is 12.4 Å². The predicted octanol–water partition coefficient (Wildman–Crippen LogP) is 8.19. The molecule has 2 aliphatic heterocycles. The number of hydrogen-bond acceptors (Lipinski definition) is 4. The van der Waals surface area contributed by atoms with E-state index in [0.717, 1.165) is 39.0 Å². The summed E-state index contributed by atoms with van der Waals surface area (Å²) in [5, 5.41) is 19.7. The number of phenolic OH excluding ortho intramolecular Hbond substituents is 2. The summed E-state index contributed by atoms with van der Waals surface area (Å²) in [5.41, 5.74) is 8.84. The summed E-state index contributed by atoms with van der Waals surface area (Å²) in [5.74, 6) is 2.08. The first kappa shape index (κ1) is 33.6. The molecule has 4 bridgehead atoms. The average molecular weight is 607 g/mol. The van der Waals surface area contributed by atoms with Gasteiger partial charge < -0.3 is 10.2 Å². The van der Waals surface area contributed by atoms with E-state index in [1.165, 1.54) is 46.2 Å². The Morgan fingerprint density at radius 1 is 0.721 bits per heavy atom. The summed E-state index contributed by atoms with van der Waals surface area (Å²) in [6, 6.07) is 13.2. The monoisotopic (exact) mass is 606 g/mol. The maximum atomic E-state index is 9.87. The number of fused-ring (bicyclic) bond motifs is 8. The van der Waals surface area contributed by atoms with Crippen LogP contribution in [0.5, 0.6) is 11.5 Å². The van der Waals surface area contributed by atoms with Crippen LogP contribution < -0.4 is 0 Å². The number of nitrogens with zero attached hydrogens (tertiary/aromatic N) is 2. The minimum Gasteiger partial charge on any atom is -0.508 e. The number of rotatable bonds is 4. The van der Waals surface area contributed by atoms with Crippen molar-refractivity contribution in [2.24, 2.45) is 11.8 Å². The van der Waals surface area contributed by atoms with Gasteiger partial charge in [-0.05, 0) is 136 Å². The highest BCUT2D eigenvalue weighted by atomic mass is 35.5. The van der Waals surface area contributed by atoms with E-state index in [2.05, 4.69) is 89.5 Å². The van der Waals surface area contributed by atoms with Crippen LogP contribution in [0.15, 0.2) is 59.7 Å². The largest absolute Gasteiger partial charge is 0.508 e. The smallest absolute Gasteiger partial charge is 0.115 e. The molecule has 4 nitrogen and oxygen atoms in total. The Hall–Kier alpha value is -2.27. The van der Waals surface area contributed by atoms with Crippen molar-refractivity contribution in [3.63, 3.8) is 0 Å². The van der Waals surface area contributed by atoms with Gasteiger partial charge in [-0.1, -0.05) is 63.1 Å². The van der Waals surface area contributed by atoms with Crippen molar-refractivity contribution in [3.05, 3.63) is 82.0 Å². The van der Waals surface area contributed by atoms with Gasteiger partial charge >= 0.3 is 0 Å². The van der Waals surface area contributed by atoms with E-state index in [0.29, 0.717) is 35.4 Å². The first-order chi connectivity index (χ1) is 19.8. The minimum absolute atomic E-state index is 0. The fourth-order valence-corrected chi connectivity index (χ4v) is 8.44. The Morgan fingerprint density at radius 3 is 1.44 bits per heavy atom. The Kier molecular flexibility index (Phi) is 10.2. The molecule has 2 aromatic carbocycles. The second-order valence-corrected chi connectivity index (χ2v) is 14.7. The zero-order valence-corrected chi connectivity index (χ0v) is 28.6. The van der Waals surface area contributed by atoms with Crippen molar-refractivity contribution < 1.29 is 10.2 Å². The summed E-state index contributed by atoms with van der Waals surface area (Å²) >= 11 is 0. The number of halogens is 1. The van der Waals surface area contributed by atoms with Crippen LogP contribution in [0.2, 0.25) is 0 Å². The molecule has 5 heteroatoms. The molecule has 4 aliphatic rings. The van der Waals surface area contributed by atoms with Crippen molar-refractivity contribution in [1.29, 1.82) is 0 Å². The van der Waals surface area contributed by atoms with Crippen molar-refractivity contribution in [2.75, 3.05) is 26.2 Å². The van der Waals surface area contributed by atoms with Crippen LogP contribution in [-0.2, 0) is 23.7 Å². The van der Waals surface area contributed by atoms with Crippen molar-refractivity contribution in [3.8, 4) is 11.5 Å². The van der Waals surface area contributed by atoms with Crippen LogP contribution in [0.25, 0.3) is 0 Å². The molecule has 0 radical (unpaired) electrons. The lowest BCUT2D eigenvalue weighted by Gasteiger charge is -2.54. The van der Waals surface area contributed by atoms with E-state index >= 15 is 0 Å². The first-order valence-electron chi connectivity index (χ1n) is 16.2. The highest BCUT2D eigenvalue weighted by Gasteiger charge is 2.49. The molecule has 2 aromatic rings. The molecule has 2 heterocycles. The zero-order valence-electron chi connectivity index (χ0n) is 27.8. The fourth-order valence-electron chi connectivity index (χ4n) is 8.44. The van der Waals surface area contributed by atoms with Crippen LogP contribution in [0, 0.1) is 11.8 Å². The number of likely N-dealkylation sites (tertiary alicyclic amines) is 2. The van der Waals surface area contributed by atoms with E-state index in [4.69, 9.17) is 0 Å². The molecule has 2 fully saturated rings. The number of piperidine rings is 2. The zero-order chi connectivity index (χ0) is 30.4. The molecule has 2 aliphatic carbocycles. The molecule has 0 saturated carbocycles. The van der Waals surface area contributed by atoms with E-state index < -0.39 is 0 Å². The van der Waals surface area contributed by atoms with E-state index in [-0.39, 0.29) is 23.2 Å². The summed E-state index contributed by atoms with van der Waals surface area (Å²) in [7, 11) is 0. The third kappa shape index (κ3) is 6.44. The van der Waals surface area contributed by atoms with E-state index in [9.17, 15) is 10.2 Å². The predicted molar refractivity (Wildman–Crippen MR) is 183 cm³/mol. The van der Waals surface area contributed by atoms with E-state index in [1.54, 1.807) is 0 Å². The molecular weight excluding hydrogens is 552 g/mol. The maximum Gasteiger partial charge on any atom is 0.115 e. The number of aromatic hydroxyl groups is 2. The van der Waals surface area contributed by atoms with Crippen LogP contribution in [0.1, 0.15) is 90.5 Å². The Labute approximate surface area is 267 Å². The van der Waals surface area contributed by atoms with Gasteiger partial charge in [0.05, 0.1) is 0 Å². The molecule has 2 N–H and O–H groups in total. The lowest BCUT2D eigenvalue weighted by Crippen LogP contribution is -2.57. The van der Waals surface area contributed by atoms with Gasteiger partial charge in [0.1, 0.15) is 11.5 Å². The standard InChI is InChI=1S/2C19H27NO.ClH/c2*1-13(2)7-9-20-10-8-19(4)14(3)18(20)11-15-5-6-16(21)12-17(15)19;/h2*5-7,12,14,18,21H,8-11H2,1-4H3;1H/t2*14-,18+,19+;/m00./s1. The Bertz CT molecular complexity index is 1260. The number of phenols is 2. The number of benzene rings is 2. The van der Waals surface area contributed by atoms with Gasteiger partial charge in [0.25, 0.3) is 0 Å². The molecule has 0 spiro atoms. The first-order valence-corrected chi connectivity index (χ1v) is 16.2. The molecule has 6 rings (SSSR count). The van der Waals surface area contributed by atoms with Gasteiger partial charge in [0.2, 0.25) is 0 Å². The van der Waals surface area contributed by atoms with Crippen LogP contribution in [0.4, 0.5) is 0 Å². The quantitative estimate of drug-likeness (QED) is 0.345. The number of hydrogen-bond donors (Lipinski definition) is 2. The third-order valence-electron chi connectivity index (χ3n) is 11.7. The Balaban J connectivity index is 0.000000192. The highest BCUT2D eigenvalue weighted by Crippen LogP contribution is 2.50. The lowest BCUT2D eigenvalue weighted by atomic mass is 9.59. The molecular formula is C38H55ClN2O2. The summed E-state index contributed by atoms with van der Waals surface area (Å²) in [4.78, 5) is 5.30. The fraction of sp³-hybridized carbons (Fsp3) is 0.579. The van der Waals surface area contributed by atoms with Crippen molar-refractivity contribution >= 4 is 12.4 Å². The van der Waals surface area contributed by atoms with Gasteiger partial charge in [0.15, 0.2) is 0 Å². The number of allylic oxidation sites excluding steroid dienone is 2. The van der Waals surface area contributed by atoms with Crippen molar-refractivity contribution in [1.82, 2.24) is 9.80 Å². The molecule has 0 unspecified atom stereocenters. The third-order valence-corrected chi connectivity index (χ3v) is 11.7. The second kappa shape index (κ2) is 13.0. The molecule has 43 heavy (non-hydrogen) atoms. The van der Waals surface area contributed by atoms with Crippen LogP contribution in [0.3, 0.4) is 0 Å². The van der Waals surface area contributed by atoms with Gasteiger partial charge in [-0.2, -0.15) is 0 Å². The normalized spacial score (nSPS) is 30.9. The molecule has 0 aromatic heterocycles. The van der Waals surface area contributed by atoms with Crippen LogP contribution in [-0.4, -0.2) is 58.3 Å². The Morgan fingerprint density at radius 2 is 1.09 bits per heavy atom. The summed E-state index contributed by atoms with van der Waals surface area (Å²) < 4.78 is 0. The maximum absolute atomic E-state index is 9.87. The molecule has 6 atom stereocenters. The molecule has 2 saturated heterocycles. The van der Waals surface area contributed by atoms with Crippen molar-refractivity contribution in [2.45, 2.75) is 104 Å². The molecule has 0 amide bonds. The topological polar surface area (TPSA) is 46.9 Å². The SMILES string of the molecule is CC(C)=CCN1CC[C@@]2(C)c3cc(O)ccc3C[C@@H]1[C@@H]2C.CC(C)=CCN1CC[C@@]2(C)c3cc(O)ccc3C[C@@H]1[C@@H]2C.Cl. The highest BCUT2D eigenvalue weighted by molar-refractivity contribution is 5.85. The minimum atomic E-state index is 0. The average Bonchev–Trinajstić information content (AvgIpc) is 2.93. The van der Waals surface area contributed by atoms with Gasteiger partial charge in [-0.3, -0.25) is 9.80 Å². The lowest BCUT2D eigenvalue weighted by molar-refractivity contribution is 0.0396. The van der Waals surface area contributed by atoms with Crippen LogP contribution >= 0.6 is 12.4 Å². The summed E-state index contributed by atoms with van der Waals surface area (Å²) in [6.07, 6.45) is 9.28.